The Bertz CT molecular complexity index is 554. The van der Waals surface area contributed by atoms with Gasteiger partial charge in [-0.3, -0.25) is 14.4 Å². The molecule has 0 aromatic heterocycles. The van der Waals surface area contributed by atoms with Gasteiger partial charge in [-0.25, -0.2) is 5.01 Å². The van der Waals surface area contributed by atoms with E-state index in [2.05, 4.69) is 10.4 Å². The largest absolute Gasteiger partial charge is 0.346 e. The van der Waals surface area contributed by atoms with E-state index in [1.165, 1.54) is 37.1 Å². The molecule has 0 aromatic rings. The Balaban J connectivity index is 1.51. The van der Waals surface area contributed by atoms with Crippen LogP contribution in [0, 0.1) is 5.92 Å². The van der Waals surface area contributed by atoms with Gasteiger partial charge in [-0.15, -0.1) is 0 Å². The average molecular weight is 334 g/mol. The second kappa shape index (κ2) is 7.32. The number of amides is 3. The minimum absolute atomic E-state index is 0.0822. The van der Waals surface area contributed by atoms with Crippen molar-refractivity contribution >= 4 is 23.4 Å². The number of nitrogens with zero attached hydrogens (tertiary/aromatic N) is 3. The van der Waals surface area contributed by atoms with Gasteiger partial charge in [-0.2, -0.15) is 5.10 Å². The van der Waals surface area contributed by atoms with Gasteiger partial charge in [0.25, 0.3) is 5.91 Å². The van der Waals surface area contributed by atoms with Crippen LogP contribution in [0.1, 0.15) is 51.4 Å². The van der Waals surface area contributed by atoms with E-state index in [9.17, 15) is 14.4 Å². The smallest absolute Gasteiger partial charge is 0.267 e. The Morgan fingerprint density at radius 1 is 1.17 bits per heavy atom. The molecule has 1 saturated carbocycles. The molecule has 1 aliphatic carbocycles. The first kappa shape index (κ1) is 16.9. The van der Waals surface area contributed by atoms with Gasteiger partial charge in [0, 0.05) is 39.4 Å². The molecule has 1 saturated heterocycles. The van der Waals surface area contributed by atoms with E-state index in [-0.39, 0.29) is 23.8 Å². The molecule has 0 aromatic carbocycles. The molecule has 7 heteroatoms. The highest BCUT2D eigenvalue weighted by atomic mass is 16.2. The number of rotatable bonds is 4. The van der Waals surface area contributed by atoms with Gasteiger partial charge < -0.3 is 10.2 Å². The summed E-state index contributed by atoms with van der Waals surface area (Å²) in [5, 5.41) is 8.15. The second-order valence-corrected chi connectivity index (χ2v) is 7.14. The van der Waals surface area contributed by atoms with Crippen molar-refractivity contribution in [3.63, 3.8) is 0 Å². The molecule has 3 amide bonds. The van der Waals surface area contributed by atoms with Crippen molar-refractivity contribution < 1.29 is 14.4 Å². The third kappa shape index (κ3) is 3.94. The molecule has 2 fully saturated rings. The summed E-state index contributed by atoms with van der Waals surface area (Å²) in [5.74, 6) is 0.399. The molecule has 0 spiro atoms. The summed E-state index contributed by atoms with van der Waals surface area (Å²) in [6.45, 7) is 1.41. The van der Waals surface area contributed by atoms with E-state index in [4.69, 9.17) is 0 Å². The third-order valence-corrected chi connectivity index (χ3v) is 5.22. The monoisotopic (exact) mass is 334 g/mol. The highest BCUT2D eigenvalue weighted by molar-refractivity contribution is 6.39. The van der Waals surface area contributed by atoms with Crippen LogP contribution in [0.2, 0.25) is 0 Å². The van der Waals surface area contributed by atoms with Crippen LogP contribution >= 0.6 is 0 Å². The van der Waals surface area contributed by atoms with Gasteiger partial charge in [0.15, 0.2) is 0 Å². The Morgan fingerprint density at radius 3 is 2.62 bits per heavy atom. The van der Waals surface area contributed by atoms with Crippen LogP contribution in [-0.2, 0) is 14.4 Å². The normalized spacial score (nSPS) is 25.9. The molecule has 1 atom stereocenters. The number of hydrogen-bond acceptors (Lipinski definition) is 4. The number of carbonyl (C=O) groups excluding carboxylic acids is 3. The fourth-order valence-electron chi connectivity index (χ4n) is 3.83. The summed E-state index contributed by atoms with van der Waals surface area (Å²) in [5.41, 5.74) is 0.371. The molecular formula is C17H26N4O3. The van der Waals surface area contributed by atoms with Crippen molar-refractivity contribution in [3.05, 3.63) is 0 Å². The zero-order valence-corrected chi connectivity index (χ0v) is 14.3. The summed E-state index contributed by atoms with van der Waals surface area (Å²) in [7, 11) is 1.56. The molecule has 132 valence electrons. The SMILES string of the molecule is CN1N=C(C(=O)N[C@H]2CC(=O)N(CC3CCCCC3)C2)CCC1=O. The first-order chi connectivity index (χ1) is 11.5. The fraction of sp³-hybridized carbons (Fsp3) is 0.765. The summed E-state index contributed by atoms with van der Waals surface area (Å²) >= 11 is 0. The topological polar surface area (TPSA) is 82.1 Å². The van der Waals surface area contributed by atoms with E-state index in [1.54, 1.807) is 7.05 Å². The molecule has 0 unspecified atom stereocenters. The zero-order valence-electron chi connectivity index (χ0n) is 14.3. The summed E-state index contributed by atoms with van der Waals surface area (Å²) in [6, 6.07) is -0.153. The van der Waals surface area contributed by atoms with Crippen molar-refractivity contribution in [1.29, 1.82) is 0 Å². The minimum atomic E-state index is -0.258. The van der Waals surface area contributed by atoms with Crippen LogP contribution < -0.4 is 5.32 Å². The van der Waals surface area contributed by atoms with E-state index >= 15 is 0 Å². The van der Waals surface area contributed by atoms with Crippen LogP contribution in [0.4, 0.5) is 0 Å². The van der Waals surface area contributed by atoms with E-state index in [0.29, 0.717) is 37.4 Å². The van der Waals surface area contributed by atoms with Gasteiger partial charge in [0.2, 0.25) is 11.8 Å². The number of carbonyl (C=O) groups is 3. The first-order valence-corrected chi connectivity index (χ1v) is 8.95. The Morgan fingerprint density at radius 2 is 1.92 bits per heavy atom. The average Bonchev–Trinajstić information content (AvgIpc) is 2.90. The lowest BCUT2D eigenvalue weighted by Crippen LogP contribution is -2.43. The molecular weight excluding hydrogens is 308 g/mol. The number of hydrazone groups is 1. The Labute approximate surface area is 142 Å². The number of likely N-dealkylation sites (tertiary alicyclic amines) is 1. The molecule has 7 nitrogen and oxygen atoms in total. The molecule has 2 heterocycles. The Kier molecular flexibility index (Phi) is 5.16. The maximum absolute atomic E-state index is 12.3. The predicted molar refractivity (Wildman–Crippen MR) is 89.1 cm³/mol. The van der Waals surface area contributed by atoms with Crippen molar-refractivity contribution in [2.24, 2.45) is 11.0 Å². The molecule has 1 N–H and O–H groups in total. The van der Waals surface area contributed by atoms with Gasteiger partial charge >= 0.3 is 0 Å². The second-order valence-electron chi connectivity index (χ2n) is 7.14. The predicted octanol–water partition coefficient (Wildman–Crippen LogP) is 0.892. The van der Waals surface area contributed by atoms with Crippen molar-refractivity contribution in [2.75, 3.05) is 20.1 Å². The standard InChI is InChI=1S/C17H26N4O3/c1-20-15(22)8-7-14(19-20)17(24)18-13-9-16(23)21(11-13)10-12-5-3-2-4-6-12/h12-13H,2-11H2,1H3,(H,18,24)/t13-/m0/s1. The lowest BCUT2D eigenvalue weighted by molar-refractivity contribution is -0.130. The first-order valence-electron chi connectivity index (χ1n) is 8.95. The van der Waals surface area contributed by atoms with Gasteiger partial charge in [-0.1, -0.05) is 19.3 Å². The van der Waals surface area contributed by atoms with Crippen molar-refractivity contribution in [3.8, 4) is 0 Å². The lowest BCUT2D eigenvalue weighted by Gasteiger charge is -2.27. The van der Waals surface area contributed by atoms with Crippen molar-refractivity contribution in [1.82, 2.24) is 15.2 Å². The van der Waals surface area contributed by atoms with Gasteiger partial charge in [0.05, 0.1) is 6.04 Å². The molecule has 0 bridgehead atoms. The highest BCUT2D eigenvalue weighted by Gasteiger charge is 2.33. The van der Waals surface area contributed by atoms with Crippen LogP contribution in [-0.4, -0.2) is 59.5 Å². The number of nitrogens with one attached hydrogen (secondary N) is 1. The summed E-state index contributed by atoms with van der Waals surface area (Å²) in [6.07, 6.45) is 7.28. The number of hydrogen-bond donors (Lipinski definition) is 1. The third-order valence-electron chi connectivity index (χ3n) is 5.22. The van der Waals surface area contributed by atoms with Gasteiger partial charge in [0.1, 0.15) is 5.71 Å². The zero-order chi connectivity index (χ0) is 17.1. The molecule has 0 radical (unpaired) electrons. The van der Waals surface area contributed by atoms with Crippen molar-refractivity contribution in [2.45, 2.75) is 57.4 Å². The lowest BCUT2D eigenvalue weighted by atomic mass is 9.89. The highest BCUT2D eigenvalue weighted by Crippen LogP contribution is 2.26. The quantitative estimate of drug-likeness (QED) is 0.829. The Hall–Kier alpha value is -1.92. The summed E-state index contributed by atoms with van der Waals surface area (Å²) in [4.78, 5) is 37.8. The van der Waals surface area contributed by atoms with Gasteiger partial charge in [-0.05, 0) is 18.8 Å². The maximum Gasteiger partial charge on any atom is 0.267 e. The molecule has 24 heavy (non-hydrogen) atoms. The summed E-state index contributed by atoms with van der Waals surface area (Å²) < 4.78 is 0. The maximum atomic E-state index is 12.3. The van der Waals surface area contributed by atoms with Crippen LogP contribution in [0.25, 0.3) is 0 Å². The molecule has 2 aliphatic heterocycles. The minimum Gasteiger partial charge on any atom is -0.346 e. The fourth-order valence-corrected chi connectivity index (χ4v) is 3.83. The van der Waals surface area contributed by atoms with Crippen LogP contribution in [0.15, 0.2) is 5.10 Å². The molecule has 3 aliphatic rings. The molecule has 3 rings (SSSR count). The van der Waals surface area contributed by atoms with E-state index in [1.807, 2.05) is 4.90 Å². The van der Waals surface area contributed by atoms with E-state index in [0.717, 1.165) is 6.54 Å². The van der Waals surface area contributed by atoms with Crippen LogP contribution in [0.5, 0.6) is 0 Å². The van der Waals surface area contributed by atoms with E-state index < -0.39 is 0 Å². The van der Waals surface area contributed by atoms with Crippen LogP contribution in [0.3, 0.4) is 0 Å².